The SMILES string of the molecule is O=S(=O)(c1ccc2ccccc2c1)N1CCN(c2ccc(F)cc2)CC1. The molecule has 1 fully saturated rings. The molecule has 0 amide bonds. The average Bonchev–Trinajstić information content (AvgIpc) is 2.68. The van der Waals surface area contributed by atoms with Crippen molar-refractivity contribution in [3.8, 4) is 0 Å². The lowest BCUT2D eigenvalue weighted by molar-refractivity contribution is 0.385. The van der Waals surface area contributed by atoms with Crippen LogP contribution >= 0.6 is 0 Å². The average molecular weight is 370 g/mol. The van der Waals surface area contributed by atoms with Gasteiger partial charge in [-0.25, -0.2) is 12.8 Å². The fraction of sp³-hybridized carbons (Fsp3) is 0.200. The molecule has 1 heterocycles. The van der Waals surface area contributed by atoms with Gasteiger partial charge in [-0.2, -0.15) is 4.31 Å². The van der Waals surface area contributed by atoms with Crippen LogP contribution < -0.4 is 4.90 Å². The van der Waals surface area contributed by atoms with Gasteiger partial charge in [0, 0.05) is 31.9 Å². The van der Waals surface area contributed by atoms with Crippen LogP contribution in [-0.2, 0) is 10.0 Å². The first kappa shape index (κ1) is 17.0. The predicted molar refractivity (Wildman–Crippen MR) is 101 cm³/mol. The smallest absolute Gasteiger partial charge is 0.243 e. The molecule has 4 rings (SSSR count). The molecule has 0 aromatic heterocycles. The van der Waals surface area contributed by atoms with Crippen LogP contribution in [-0.4, -0.2) is 38.9 Å². The summed E-state index contributed by atoms with van der Waals surface area (Å²) in [5, 5.41) is 1.94. The lowest BCUT2D eigenvalue weighted by Gasteiger charge is -2.35. The van der Waals surface area contributed by atoms with Gasteiger partial charge in [0.15, 0.2) is 0 Å². The molecule has 0 bridgehead atoms. The maximum Gasteiger partial charge on any atom is 0.243 e. The largest absolute Gasteiger partial charge is 0.369 e. The molecule has 3 aromatic carbocycles. The number of fused-ring (bicyclic) bond motifs is 1. The number of halogens is 1. The molecule has 1 saturated heterocycles. The zero-order valence-corrected chi connectivity index (χ0v) is 15.0. The van der Waals surface area contributed by atoms with Crippen LogP contribution in [0.1, 0.15) is 0 Å². The number of nitrogens with zero attached hydrogens (tertiary/aromatic N) is 2. The molecule has 0 N–H and O–H groups in total. The summed E-state index contributed by atoms with van der Waals surface area (Å²) in [5.41, 5.74) is 0.911. The molecule has 1 aliphatic rings. The third kappa shape index (κ3) is 3.18. The van der Waals surface area contributed by atoms with Crippen molar-refractivity contribution in [1.29, 1.82) is 0 Å². The minimum absolute atomic E-state index is 0.272. The van der Waals surface area contributed by atoms with Gasteiger partial charge in [0.2, 0.25) is 10.0 Å². The van der Waals surface area contributed by atoms with E-state index in [1.165, 1.54) is 16.4 Å². The van der Waals surface area contributed by atoms with Crippen molar-refractivity contribution < 1.29 is 12.8 Å². The van der Waals surface area contributed by atoms with Gasteiger partial charge in [-0.15, -0.1) is 0 Å². The maximum atomic E-state index is 13.1. The Morgan fingerprint density at radius 2 is 1.42 bits per heavy atom. The second-order valence-electron chi connectivity index (χ2n) is 6.38. The zero-order valence-electron chi connectivity index (χ0n) is 14.2. The van der Waals surface area contributed by atoms with Gasteiger partial charge in [-0.05, 0) is 47.2 Å². The zero-order chi connectivity index (χ0) is 18.1. The van der Waals surface area contributed by atoms with Crippen molar-refractivity contribution in [3.63, 3.8) is 0 Å². The first-order valence-electron chi connectivity index (χ1n) is 8.53. The molecule has 0 atom stereocenters. The number of hydrogen-bond donors (Lipinski definition) is 0. The maximum absolute atomic E-state index is 13.1. The number of sulfonamides is 1. The van der Waals surface area contributed by atoms with E-state index in [-0.39, 0.29) is 5.82 Å². The molecule has 26 heavy (non-hydrogen) atoms. The van der Waals surface area contributed by atoms with Crippen LogP contribution in [0.5, 0.6) is 0 Å². The van der Waals surface area contributed by atoms with Gasteiger partial charge in [0.25, 0.3) is 0 Å². The predicted octanol–water partition coefficient (Wildman–Crippen LogP) is 3.49. The molecule has 0 unspecified atom stereocenters. The third-order valence-corrected chi connectivity index (χ3v) is 6.68. The number of piperazine rings is 1. The molecular weight excluding hydrogens is 351 g/mol. The topological polar surface area (TPSA) is 40.6 Å². The van der Waals surface area contributed by atoms with Crippen molar-refractivity contribution >= 4 is 26.5 Å². The molecule has 6 heteroatoms. The number of benzene rings is 3. The van der Waals surface area contributed by atoms with E-state index < -0.39 is 10.0 Å². The van der Waals surface area contributed by atoms with Gasteiger partial charge < -0.3 is 4.90 Å². The summed E-state index contributed by atoms with van der Waals surface area (Å²) in [6.45, 7) is 1.98. The van der Waals surface area contributed by atoms with Gasteiger partial charge in [-0.3, -0.25) is 0 Å². The van der Waals surface area contributed by atoms with E-state index in [0.717, 1.165) is 16.5 Å². The van der Waals surface area contributed by atoms with Gasteiger partial charge in [-0.1, -0.05) is 30.3 Å². The summed E-state index contributed by atoms with van der Waals surface area (Å²) >= 11 is 0. The van der Waals surface area contributed by atoms with E-state index in [1.807, 2.05) is 30.3 Å². The van der Waals surface area contributed by atoms with Crippen LogP contribution in [0, 0.1) is 5.82 Å². The molecule has 0 aliphatic carbocycles. The Labute approximate surface area is 152 Å². The van der Waals surface area contributed by atoms with E-state index >= 15 is 0 Å². The third-order valence-electron chi connectivity index (χ3n) is 4.79. The Balaban J connectivity index is 1.52. The van der Waals surface area contributed by atoms with Gasteiger partial charge in [0.05, 0.1) is 4.90 Å². The Hall–Kier alpha value is -2.44. The second kappa shape index (κ2) is 6.70. The molecule has 0 radical (unpaired) electrons. The van der Waals surface area contributed by atoms with Crippen molar-refractivity contribution in [2.45, 2.75) is 4.90 Å². The fourth-order valence-electron chi connectivity index (χ4n) is 3.32. The normalized spacial score (nSPS) is 16.1. The standard InChI is InChI=1S/C20H19FN2O2S/c21-18-6-8-19(9-7-18)22-11-13-23(14-12-22)26(24,25)20-10-5-16-3-1-2-4-17(16)15-20/h1-10,15H,11-14H2. The highest BCUT2D eigenvalue weighted by Gasteiger charge is 2.28. The van der Waals surface area contributed by atoms with Gasteiger partial charge in [0.1, 0.15) is 5.82 Å². The molecule has 3 aromatic rings. The van der Waals surface area contributed by atoms with E-state index in [4.69, 9.17) is 0 Å². The molecular formula is C20H19FN2O2S. The Bertz CT molecular complexity index is 1030. The van der Waals surface area contributed by atoms with Crippen LogP contribution in [0.4, 0.5) is 10.1 Å². The van der Waals surface area contributed by atoms with Crippen LogP contribution in [0.3, 0.4) is 0 Å². The van der Waals surface area contributed by atoms with Crippen molar-refractivity contribution in [1.82, 2.24) is 4.31 Å². The quantitative estimate of drug-likeness (QED) is 0.709. The summed E-state index contributed by atoms with van der Waals surface area (Å²) < 4.78 is 40.5. The fourth-order valence-corrected chi connectivity index (χ4v) is 4.77. The second-order valence-corrected chi connectivity index (χ2v) is 8.31. The summed E-state index contributed by atoms with van der Waals surface area (Å²) in [6.07, 6.45) is 0. The van der Waals surface area contributed by atoms with Gasteiger partial charge >= 0.3 is 0 Å². The van der Waals surface area contributed by atoms with Crippen molar-refractivity contribution in [2.75, 3.05) is 31.1 Å². The highest BCUT2D eigenvalue weighted by Crippen LogP contribution is 2.24. The summed E-state index contributed by atoms with van der Waals surface area (Å²) in [5.74, 6) is -0.272. The Morgan fingerprint density at radius 3 is 2.12 bits per heavy atom. The van der Waals surface area contributed by atoms with E-state index in [9.17, 15) is 12.8 Å². The monoisotopic (exact) mass is 370 g/mol. The van der Waals surface area contributed by atoms with Crippen molar-refractivity contribution in [2.24, 2.45) is 0 Å². The van der Waals surface area contributed by atoms with E-state index in [0.29, 0.717) is 31.1 Å². The summed E-state index contributed by atoms with van der Waals surface area (Å²) in [6, 6.07) is 19.3. The molecule has 0 saturated carbocycles. The first-order valence-corrected chi connectivity index (χ1v) is 9.97. The molecule has 1 aliphatic heterocycles. The van der Waals surface area contributed by atoms with Crippen LogP contribution in [0.15, 0.2) is 71.6 Å². The highest BCUT2D eigenvalue weighted by molar-refractivity contribution is 7.89. The number of hydrogen-bond acceptors (Lipinski definition) is 3. The number of anilines is 1. The van der Waals surface area contributed by atoms with E-state index in [1.54, 1.807) is 24.3 Å². The summed E-state index contributed by atoms with van der Waals surface area (Å²) in [7, 11) is -3.52. The van der Waals surface area contributed by atoms with E-state index in [2.05, 4.69) is 4.90 Å². The molecule has 0 spiro atoms. The highest BCUT2D eigenvalue weighted by atomic mass is 32.2. The lowest BCUT2D eigenvalue weighted by atomic mass is 10.1. The molecule has 4 nitrogen and oxygen atoms in total. The van der Waals surface area contributed by atoms with Crippen molar-refractivity contribution in [3.05, 3.63) is 72.5 Å². The minimum Gasteiger partial charge on any atom is -0.369 e. The Kier molecular flexibility index (Phi) is 4.38. The summed E-state index contributed by atoms with van der Waals surface area (Å²) in [4.78, 5) is 2.40. The Morgan fingerprint density at radius 1 is 0.769 bits per heavy atom. The lowest BCUT2D eigenvalue weighted by Crippen LogP contribution is -2.48. The number of rotatable bonds is 3. The minimum atomic E-state index is -3.52. The van der Waals surface area contributed by atoms with Crippen LogP contribution in [0.2, 0.25) is 0 Å². The van der Waals surface area contributed by atoms with Crippen LogP contribution in [0.25, 0.3) is 10.8 Å². The molecule has 134 valence electrons. The first-order chi connectivity index (χ1) is 12.5.